The second-order valence-electron chi connectivity index (χ2n) is 17.5. The molecule has 0 saturated carbocycles. The molecular formula is C62H39NS. The number of anilines is 3. The normalized spacial score (nSPS) is 14.2. The van der Waals surface area contributed by atoms with Crippen molar-refractivity contribution in [1.29, 1.82) is 0 Å². The minimum absolute atomic E-state index is 0.455. The van der Waals surface area contributed by atoms with Crippen LogP contribution in [0.1, 0.15) is 44.5 Å². The van der Waals surface area contributed by atoms with E-state index in [1.807, 2.05) is 11.3 Å². The Kier molecular flexibility index (Phi) is 7.47. The Balaban J connectivity index is 1.06. The van der Waals surface area contributed by atoms with Crippen LogP contribution in [0.3, 0.4) is 0 Å². The Labute approximate surface area is 376 Å². The average Bonchev–Trinajstić information content (AvgIpc) is 4.07. The summed E-state index contributed by atoms with van der Waals surface area (Å²) in [6, 6.07) is 89.1. The summed E-state index contributed by atoms with van der Waals surface area (Å²) in [7, 11) is 0. The van der Waals surface area contributed by atoms with Crippen LogP contribution < -0.4 is 4.90 Å². The fourth-order valence-electron chi connectivity index (χ4n) is 12.1. The molecule has 64 heavy (non-hydrogen) atoms. The monoisotopic (exact) mass is 829 g/mol. The van der Waals surface area contributed by atoms with Gasteiger partial charge in [0.2, 0.25) is 0 Å². The summed E-state index contributed by atoms with van der Waals surface area (Å²) in [4.78, 5) is 2.53. The first-order valence-corrected chi connectivity index (χ1v) is 23.1. The highest BCUT2D eigenvalue weighted by molar-refractivity contribution is 7.25. The lowest BCUT2D eigenvalue weighted by molar-refractivity contribution is 0.768. The third kappa shape index (κ3) is 4.63. The van der Waals surface area contributed by atoms with Crippen molar-refractivity contribution in [3.05, 3.63) is 281 Å². The van der Waals surface area contributed by atoms with Crippen LogP contribution in [0.2, 0.25) is 0 Å². The Morgan fingerprint density at radius 1 is 0.266 bits per heavy atom. The van der Waals surface area contributed by atoms with Gasteiger partial charge in [-0.15, -0.1) is 11.3 Å². The molecule has 1 nitrogen and oxygen atoms in total. The van der Waals surface area contributed by atoms with Gasteiger partial charge in [-0.1, -0.05) is 188 Å². The third-order valence-electron chi connectivity index (χ3n) is 14.6. The Morgan fingerprint density at radius 3 is 1.17 bits per heavy atom. The molecule has 0 aliphatic heterocycles. The van der Waals surface area contributed by atoms with Crippen molar-refractivity contribution < 1.29 is 0 Å². The molecule has 0 unspecified atom stereocenters. The van der Waals surface area contributed by atoms with E-state index in [9.17, 15) is 0 Å². The number of fused-ring (bicyclic) bond motifs is 16. The summed E-state index contributed by atoms with van der Waals surface area (Å²) in [5.41, 5.74) is 20.7. The first-order chi connectivity index (χ1) is 31.7. The number of hydrogen-bond acceptors (Lipinski definition) is 2. The highest BCUT2D eigenvalue weighted by Crippen LogP contribution is 2.64. The van der Waals surface area contributed by atoms with Crippen LogP contribution in [-0.2, 0) is 10.8 Å². The molecule has 10 aromatic carbocycles. The van der Waals surface area contributed by atoms with E-state index < -0.39 is 10.8 Å². The summed E-state index contributed by atoms with van der Waals surface area (Å²) >= 11 is 1.87. The van der Waals surface area contributed by atoms with Crippen molar-refractivity contribution in [2.75, 3.05) is 4.90 Å². The molecule has 0 bridgehead atoms. The summed E-state index contributed by atoms with van der Waals surface area (Å²) in [6.07, 6.45) is 0. The molecule has 0 N–H and O–H groups in total. The van der Waals surface area contributed by atoms with Gasteiger partial charge in [0, 0.05) is 37.2 Å². The lowest BCUT2D eigenvalue weighted by atomic mass is 9.67. The van der Waals surface area contributed by atoms with Gasteiger partial charge in [0.25, 0.3) is 0 Å². The Morgan fingerprint density at radius 2 is 0.641 bits per heavy atom. The van der Waals surface area contributed by atoms with Crippen molar-refractivity contribution in [2.24, 2.45) is 0 Å². The van der Waals surface area contributed by atoms with Crippen LogP contribution in [0.15, 0.2) is 237 Å². The highest BCUT2D eigenvalue weighted by atomic mass is 32.1. The topological polar surface area (TPSA) is 3.24 Å². The molecule has 1 spiro atoms. The lowest BCUT2D eigenvalue weighted by Crippen LogP contribution is -2.28. The molecule has 298 valence electrons. The number of nitrogens with zero attached hydrogens (tertiary/aromatic N) is 1. The Hall–Kier alpha value is -7.78. The molecule has 0 radical (unpaired) electrons. The van der Waals surface area contributed by atoms with Crippen LogP contribution >= 0.6 is 11.3 Å². The maximum atomic E-state index is 2.53. The van der Waals surface area contributed by atoms with Gasteiger partial charge in [-0.2, -0.15) is 0 Å². The molecule has 2 heteroatoms. The van der Waals surface area contributed by atoms with Gasteiger partial charge in [-0.25, -0.2) is 0 Å². The van der Waals surface area contributed by atoms with Crippen LogP contribution in [0.5, 0.6) is 0 Å². The molecule has 0 saturated heterocycles. The molecule has 3 aliphatic carbocycles. The second-order valence-corrected chi connectivity index (χ2v) is 18.6. The standard InChI is InChI=1S/C62H39NS/c1-3-17-40(18-4-1)61(41-19-5-2-6-20-41)53-26-12-7-23-47(53)49-34-31-43(38-57(49)61)63(42-33-36-60-52(37-42)51-25-11-16-30-59(51)64-60)44-32-35-50-48-24-10-15-29-56(48)62(58(50)39-44)54-27-13-8-21-45(54)46-22-9-14-28-55(46)62/h1-39H. The molecule has 0 atom stereocenters. The lowest BCUT2D eigenvalue weighted by Gasteiger charge is -2.35. The smallest absolute Gasteiger partial charge is 0.0726 e. The minimum atomic E-state index is -0.523. The molecule has 14 rings (SSSR count). The van der Waals surface area contributed by atoms with E-state index in [0.717, 1.165) is 17.1 Å². The summed E-state index contributed by atoms with van der Waals surface area (Å²) < 4.78 is 2.60. The van der Waals surface area contributed by atoms with Gasteiger partial charge >= 0.3 is 0 Å². The molecule has 1 aromatic heterocycles. The van der Waals surface area contributed by atoms with Crippen molar-refractivity contribution in [3.63, 3.8) is 0 Å². The van der Waals surface area contributed by atoms with Gasteiger partial charge in [0.1, 0.15) is 0 Å². The number of thiophene rings is 1. The van der Waals surface area contributed by atoms with E-state index in [2.05, 4.69) is 241 Å². The van der Waals surface area contributed by atoms with E-state index >= 15 is 0 Å². The first kappa shape index (κ1) is 35.8. The molecule has 0 fully saturated rings. The molecule has 11 aromatic rings. The van der Waals surface area contributed by atoms with Gasteiger partial charge < -0.3 is 4.90 Å². The number of hydrogen-bond donors (Lipinski definition) is 0. The van der Waals surface area contributed by atoms with E-state index in [0.29, 0.717) is 0 Å². The fraction of sp³-hybridized carbons (Fsp3) is 0.0323. The minimum Gasteiger partial charge on any atom is -0.310 e. The summed E-state index contributed by atoms with van der Waals surface area (Å²) in [5.74, 6) is 0. The van der Waals surface area contributed by atoms with Crippen molar-refractivity contribution in [3.8, 4) is 33.4 Å². The second kappa shape index (κ2) is 13.4. The predicted octanol–water partition coefficient (Wildman–Crippen LogP) is 16.2. The number of rotatable bonds is 5. The largest absolute Gasteiger partial charge is 0.310 e. The molecule has 1 heterocycles. The quantitative estimate of drug-likeness (QED) is 0.167. The fourth-order valence-corrected chi connectivity index (χ4v) is 13.2. The van der Waals surface area contributed by atoms with E-state index in [-0.39, 0.29) is 0 Å². The van der Waals surface area contributed by atoms with E-state index in [4.69, 9.17) is 0 Å². The zero-order valence-electron chi connectivity index (χ0n) is 34.9. The zero-order chi connectivity index (χ0) is 42.0. The predicted molar refractivity (Wildman–Crippen MR) is 268 cm³/mol. The highest BCUT2D eigenvalue weighted by Gasteiger charge is 2.52. The number of benzene rings is 10. The van der Waals surface area contributed by atoms with Crippen LogP contribution in [0.4, 0.5) is 17.1 Å². The maximum Gasteiger partial charge on any atom is 0.0726 e. The van der Waals surface area contributed by atoms with Crippen molar-refractivity contribution >= 4 is 48.6 Å². The van der Waals surface area contributed by atoms with Crippen molar-refractivity contribution in [2.45, 2.75) is 10.8 Å². The van der Waals surface area contributed by atoms with Crippen LogP contribution in [0.25, 0.3) is 53.6 Å². The van der Waals surface area contributed by atoms with Crippen LogP contribution in [-0.4, -0.2) is 0 Å². The summed E-state index contributed by atoms with van der Waals surface area (Å²) in [6.45, 7) is 0. The first-order valence-electron chi connectivity index (χ1n) is 22.3. The Bertz CT molecular complexity index is 3480. The molecule has 0 amide bonds. The average molecular weight is 830 g/mol. The van der Waals surface area contributed by atoms with E-state index in [1.54, 1.807) is 0 Å². The van der Waals surface area contributed by atoms with Crippen LogP contribution in [0, 0.1) is 0 Å². The molecule has 3 aliphatic rings. The zero-order valence-corrected chi connectivity index (χ0v) is 35.7. The maximum absolute atomic E-state index is 2.53. The SMILES string of the molecule is c1ccc(C2(c3ccccc3)c3ccccc3-c3ccc(N(c4ccc5c(c4)C4(c6ccccc6-c6ccccc64)c4ccccc4-5)c4ccc5sc6ccccc6c5c4)cc32)cc1. The van der Waals surface area contributed by atoms with Gasteiger partial charge in [-0.3, -0.25) is 0 Å². The van der Waals surface area contributed by atoms with Crippen molar-refractivity contribution in [1.82, 2.24) is 0 Å². The van der Waals surface area contributed by atoms with Gasteiger partial charge in [0.15, 0.2) is 0 Å². The van der Waals surface area contributed by atoms with Gasteiger partial charge in [-0.05, 0) is 126 Å². The van der Waals surface area contributed by atoms with Gasteiger partial charge in [0.05, 0.1) is 10.8 Å². The van der Waals surface area contributed by atoms with E-state index in [1.165, 1.54) is 98.1 Å². The summed E-state index contributed by atoms with van der Waals surface area (Å²) in [5, 5.41) is 2.58. The molecular weight excluding hydrogens is 791 g/mol. The third-order valence-corrected chi connectivity index (χ3v) is 15.7.